The molecule has 4 rings (SSSR count). The van der Waals surface area contributed by atoms with E-state index in [0.29, 0.717) is 12.2 Å². The van der Waals surface area contributed by atoms with Gasteiger partial charge in [-0.3, -0.25) is 4.57 Å². The Labute approximate surface area is 184 Å². The quantitative estimate of drug-likeness (QED) is 0.428. The van der Waals surface area contributed by atoms with Gasteiger partial charge in [-0.15, -0.1) is 10.2 Å². The van der Waals surface area contributed by atoms with Crippen molar-refractivity contribution in [1.29, 1.82) is 0 Å². The van der Waals surface area contributed by atoms with Crippen LogP contribution in [0.3, 0.4) is 0 Å². The van der Waals surface area contributed by atoms with E-state index in [1.807, 2.05) is 48.5 Å². The fourth-order valence-corrected chi connectivity index (χ4v) is 3.75. The van der Waals surface area contributed by atoms with Crippen LogP contribution >= 0.6 is 11.6 Å². The van der Waals surface area contributed by atoms with E-state index in [0.717, 1.165) is 41.0 Å². The fourth-order valence-electron chi connectivity index (χ4n) is 3.49. The van der Waals surface area contributed by atoms with E-state index in [1.54, 1.807) is 4.57 Å². The van der Waals surface area contributed by atoms with Crippen molar-refractivity contribution in [3.8, 4) is 28.2 Å². The number of imidazole rings is 1. The number of carbonyl (C=O) groups excluding carboxylic acids is 1. The van der Waals surface area contributed by atoms with Gasteiger partial charge in [0.05, 0.1) is 7.11 Å². The van der Waals surface area contributed by atoms with Gasteiger partial charge in [0.15, 0.2) is 10.8 Å². The summed E-state index contributed by atoms with van der Waals surface area (Å²) in [5.41, 5.74) is 3.83. The summed E-state index contributed by atoms with van der Waals surface area (Å²) in [7, 11) is 1.33. The molecule has 0 saturated carbocycles. The number of H-pyrrole nitrogens is 1. The zero-order valence-corrected chi connectivity index (χ0v) is 17.9. The summed E-state index contributed by atoms with van der Waals surface area (Å²) < 4.78 is 6.72. The zero-order valence-electron chi connectivity index (χ0n) is 17.2. The summed E-state index contributed by atoms with van der Waals surface area (Å²) in [5.74, 6) is 0.731. The molecule has 9 heteroatoms. The van der Waals surface area contributed by atoms with Crippen molar-refractivity contribution in [2.45, 2.75) is 26.2 Å². The van der Waals surface area contributed by atoms with E-state index in [1.165, 1.54) is 7.11 Å². The molecule has 0 atom stereocenters. The topological polar surface area (TPSA) is 98.6 Å². The number of carbonyl (C=O) groups is 1. The number of aromatic amines is 1. The van der Waals surface area contributed by atoms with Crippen molar-refractivity contribution in [2.75, 3.05) is 7.11 Å². The number of tetrazole rings is 1. The molecule has 2 aromatic carbocycles. The van der Waals surface area contributed by atoms with Crippen molar-refractivity contribution in [2.24, 2.45) is 0 Å². The minimum atomic E-state index is -0.522. The lowest BCUT2D eigenvalue weighted by Crippen LogP contribution is -2.12. The maximum atomic E-state index is 12.4. The van der Waals surface area contributed by atoms with Gasteiger partial charge >= 0.3 is 5.97 Å². The van der Waals surface area contributed by atoms with E-state index in [4.69, 9.17) is 16.3 Å². The molecule has 31 heavy (non-hydrogen) atoms. The van der Waals surface area contributed by atoms with E-state index in [9.17, 15) is 4.79 Å². The third kappa shape index (κ3) is 4.06. The minimum absolute atomic E-state index is 0.143. The molecule has 0 saturated heterocycles. The third-order valence-corrected chi connectivity index (χ3v) is 5.25. The van der Waals surface area contributed by atoms with Gasteiger partial charge in [0, 0.05) is 17.7 Å². The van der Waals surface area contributed by atoms with Crippen LogP contribution in [0.15, 0.2) is 48.5 Å². The monoisotopic (exact) mass is 436 g/mol. The van der Waals surface area contributed by atoms with Crippen molar-refractivity contribution in [1.82, 2.24) is 30.2 Å². The van der Waals surface area contributed by atoms with Crippen LogP contribution in [-0.4, -0.2) is 43.3 Å². The number of halogens is 1. The highest BCUT2D eigenvalue weighted by Gasteiger charge is 2.23. The number of rotatable bonds is 7. The lowest BCUT2D eigenvalue weighted by molar-refractivity contribution is 0.0591. The Morgan fingerprint density at radius 1 is 1.13 bits per heavy atom. The van der Waals surface area contributed by atoms with E-state index >= 15 is 0 Å². The molecule has 0 aliphatic carbocycles. The molecule has 0 bridgehead atoms. The number of benzene rings is 2. The molecule has 1 N–H and O–H groups in total. The second-order valence-electron chi connectivity index (χ2n) is 6.93. The number of aryl methyl sites for hydroxylation is 1. The van der Waals surface area contributed by atoms with Crippen LogP contribution in [0.1, 0.15) is 36.1 Å². The number of methoxy groups -OCH3 is 1. The van der Waals surface area contributed by atoms with Gasteiger partial charge in [-0.2, -0.15) is 5.21 Å². The van der Waals surface area contributed by atoms with Crippen molar-refractivity contribution < 1.29 is 9.53 Å². The minimum Gasteiger partial charge on any atom is -0.464 e. The highest BCUT2D eigenvalue weighted by Crippen LogP contribution is 2.31. The molecule has 0 radical (unpaired) electrons. The molecule has 4 aromatic rings. The summed E-state index contributed by atoms with van der Waals surface area (Å²) >= 11 is 6.30. The number of nitrogens with zero attached hydrogens (tertiary/aromatic N) is 5. The largest absolute Gasteiger partial charge is 0.464 e. The van der Waals surface area contributed by atoms with Gasteiger partial charge in [-0.05, 0) is 34.9 Å². The lowest BCUT2D eigenvalue weighted by Gasteiger charge is -2.13. The maximum absolute atomic E-state index is 12.4. The fraction of sp³-hybridized carbons (Fsp3) is 0.227. The number of nitrogens with one attached hydrogen (secondary N) is 1. The van der Waals surface area contributed by atoms with Crippen molar-refractivity contribution in [3.05, 3.63) is 65.2 Å². The van der Waals surface area contributed by atoms with E-state index in [2.05, 4.69) is 32.5 Å². The summed E-state index contributed by atoms with van der Waals surface area (Å²) in [6, 6.07) is 15.7. The van der Waals surface area contributed by atoms with Crippen LogP contribution in [0, 0.1) is 0 Å². The number of hydrogen-bond donors (Lipinski definition) is 1. The average Bonchev–Trinajstić information content (AvgIpc) is 3.45. The normalized spacial score (nSPS) is 10.9. The molecule has 158 valence electrons. The SMILES string of the molecule is CCCCc1nc(Cl)c(C(=O)OC)n1-c1ccc(-c2ccccc2-c2nn[nH]n2)cc1. The molecular formula is C22H21ClN6O2. The summed E-state index contributed by atoms with van der Waals surface area (Å²) in [5, 5.41) is 14.5. The molecule has 2 aromatic heterocycles. The first kappa shape index (κ1) is 20.7. The molecule has 0 amide bonds. The maximum Gasteiger partial charge on any atom is 0.358 e. The van der Waals surface area contributed by atoms with Crippen LogP contribution in [-0.2, 0) is 11.2 Å². The van der Waals surface area contributed by atoms with Gasteiger partial charge in [-0.25, -0.2) is 9.78 Å². The van der Waals surface area contributed by atoms with Crippen LogP contribution in [0.25, 0.3) is 28.2 Å². The Kier molecular flexibility index (Phi) is 6.08. The summed E-state index contributed by atoms with van der Waals surface area (Å²) in [4.78, 5) is 16.8. The predicted molar refractivity (Wildman–Crippen MR) is 117 cm³/mol. The Balaban J connectivity index is 1.77. The Hall–Kier alpha value is -3.52. The predicted octanol–water partition coefficient (Wildman–Crippen LogP) is 4.50. The molecule has 0 aliphatic heterocycles. The zero-order chi connectivity index (χ0) is 21.8. The lowest BCUT2D eigenvalue weighted by atomic mass is 9.99. The standard InChI is InChI=1S/C22H21ClN6O2/c1-3-4-9-18-24-20(23)19(22(30)31-2)29(18)15-12-10-14(11-13-15)16-7-5-6-8-17(16)21-25-27-28-26-21/h5-8,10-13H,3-4,9H2,1-2H3,(H,25,26,27,28). The van der Waals surface area contributed by atoms with Crippen molar-refractivity contribution >= 4 is 17.6 Å². The van der Waals surface area contributed by atoms with E-state index in [-0.39, 0.29) is 10.8 Å². The molecule has 0 spiro atoms. The van der Waals surface area contributed by atoms with Crippen LogP contribution in [0.5, 0.6) is 0 Å². The highest BCUT2D eigenvalue weighted by molar-refractivity contribution is 6.32. The molecule has 0 aliphatic rings. The third-order valence-electron chi connectivity index (χ3n) is 4.99. The average molecular weight is 437 g/mol. The van der Waals surface area contributed by atoms with Crippen LogP contribution < -0.4 is 0 Å². The molecule has 0 unspecified atom stereocenters. The number of hydrogen-bond acceptors (Lipinski definition) is 6. The van der Waals surface area contributed by atoms with Gasteiger partial charge in [0.2, 0.25) is 5.82 Å². The summed E-state index contributed by atoms with van der Waals surface area (Å²) in [6.45, 7) is 2.10. The van der Waals surface area contributed by atoms with Gasteiger partial charge in [0.1, 0.15) is 5.82 Å². The highest BCUT2D eigenvalue weighted by atomic mass is 35.5. The first-order valence-corrected chi connectivity index (χ1v) is 10.3. The first-order valence-electron chi connectivity index (χ1n) is 9.93. The van der Waals surface area contributed by atoms with Gasteiger partial charge in [0.25, 0.3) is 0 Å². The Morgan fingerprint density at radius 2 is 1.87 bits per heavy atom. The smallest absolute Gasteiger partial charge is 0.358 e. The second-order valence-corrected chi connectivity index (χ2v) is 7.28. The first-order chi connectivity index (χ1) is 15.1. The number of unbranched alkanes of at least 4 members (excludes halogenated alkanes) is 1. The van der Waals surface area contributed by atoms with Gasteiger partial charge in [-0.1, -0.05) is 61.3 Å². The molecule has 2 heterocycles. The summed E-state index contributed by atoms with van der Waals surface area (Å²) in [6.07, 6.45) is 2.64. The van der Waals surface area contributed by atoms with Crippen LogP contribution in [0.4, 0.5) is 0 Å². The molecule has 8 nitrogen and oxygen atoms in total. The Bertz CT molecular complexity index is 1190. The van der Waals surface area contributed by atoms with Crippen LogP contribution in [0.2, 0.25) is 5.15 Å². The van der Waals surface area contributed by atoms with Gasteiger partial charge < -0.3 is 4.74 Å². The second kappa shape index (κ2) is 9.09. The number of ether oxygens (including phenoxy) is 1. The number of esters is 1. The Morgan fingerprint density at radius 3 is 2.52 bits per heavy atom. The number of aromatic nitrogens is 6. The molecule has 0 fully saturated rings. The van der Waals surface area contributed by atoms with Crippen molar-refractivity contribution in [3.63, 3.8) is 0 Å². The molecular weight excluding hydrogens is 416 g/mol. The van der Waals surface area contributed by atoms with E-state index < -0.39 is 5.97 Å².